The molecular formula is C23H14Br2N2O4. The molecule has 1 N–H and O–H groups in total. The van der Waals surface area contributed by atoms with Crippen molar-refractivity contribution in [2.75, 3.05) is 9.80 Å². The summed E-state index contributed by atoms with van der Waals surface area (Å²) in [4.78, 5) is 41.7. The molecule has 8 heteroatoms. The predicted octanol–water partition coefficient (Wildman–Crippen LogP) is 5.50. The number of hydrogen-bond acceptors (Lipinski definition) is 4. The lowest BCUT2D eigenvalue weighted by Gasteiger charge is -2.34. The van der Waals surface area contributed by atoms with Crippen LogP contribution < -0.4 is 9.80 Å². The lowest BCUT2D eigenvalue weighted by molar-refractivity contribution is -0.121. The van der Waals surface area contributed by atoms with Crippen molar-refractivity contribution in [2.45, 2.75) is 0 Å². The van der Waals surface area contributed by atoms with Gasteiger partial charge in [-0.2, -0.15) is 0 Å². The van der Waals surface area contributed by atoms with Crippen molar-refractivity contribution in [2.24, 2.45) is 0 Å². The number of para-hydroxylation sites is 2. The van der Waals surface area contributed by atoms with E-state index in [-0.39, 0.29) is 16.9 Å². The van der Waals surface area contributed by atoms with E-state index >= 15 is 0 Å². The first-order valence-corrected chi connectivity index (χ1v) is 10.7. The minimum absolute atomic E-state index is 0.134. The molecule has 1 aliphatic heterocycles. The number of phenols is 1. The van der Waals surface area contributed by atoms with Gasteiger partial charge >= 0.3 is 6.03 Å². The first-order chi connectivity index (χ1) is 14.9. The molecule has 1 heterocycles. The predicted molar refractivity (Wildman–Crippen MR) is 125 cm³/mol. The molecule has 0 aliphatic carbocycles. The molecule has 1 fully saturated rings. The highest BCUT2D eigenvalue weighted by Crippen LogP contribution is 2.35. The Morgan fingerprint density at radius 1 is 0.742 bits per heavy atom. The number of imide groups is 2. The average molecular weight is 542 g/mol. The van der Waals surface area contributed by atoms with Crippen LogP contribution in [0.4, 0.5) is 16.2 Å². The minimum atomic E-state index is -0.774. The number of rotatable bonds is 3. The molecule has 4 amide bonds. The summed E-state index contributed by atoms with van der Waals surface area (Å²) in [7, 11) is 0. The lowest BCUT2D eigenvalue weighted by atomic mass is 10.0. The van der Waals surface area contributed by atoms with Crippen LogP contribution in [0.2, 0.25) is 0 Å². The summed E-state index contributed by atoms with van der Waals surface area (Å²) >= 11 is 6.58. The van der Waals surface area contributed by atoms with E-state index in [0.717, 1.165) is 9.80 Å². The van der Waals surface area contributed by atoms with Crippen molar-refractivity contribution in [1.29, 1.82) is 0 Å². The number of barbiturate groups is 1. The van der Waals surface area contributed by atoms with Crippen molar-refractivity contribution in [1.82, 2.24) is 0 Å². The van der Waals surface area contributed by atoms with Crippen LogP contribution in [-0.4, -0.2) is 23.0 Å². The molecule has 154 valence electrons. The first kappa shape index (κ1) is 21.0. The second-order valence-electron chi connectivity index (χ2n) is 6.62. The van der Waals surface area contributed by atoms with Gasteiger partial charge in [-0.15, -0.1) is 0 Å². The van der Waals surface area contributed by atoms with Crippen LogP contribution in [0.5, 0.6) is 5.75 Å². The Bertz CT molecular complexity index is 1160. The molecule has 0 aromatic heterocycles. The highest BCUT2D eigenvalue weighted by Gasteiger charge is 2.43. The zero-order valence-corrected chi connectivity index (χ0v) is 19.0. The quantitative estimate of drug-likeness (QED) is 0.351. The van der Waals surface area contributed by atoms with E-state index in [0.29, 0.717) is 20.3 Å². The third kappa shape index (κ3) is 3.92. The summed E-state index contributed by atoms with van der Waals surface area (Å²) in [6.07, 6.45) is 1.29. The van der Waals surface area contributed by atoms with Gasteiger partial charge in [-0.25, -0.2) is 14.6 Å². The standard InChI is InChI=1S/C23H14Br2N2O4/c24-15-11-14(20(28)19(25)13-15)12-18-21(29)26(16-7-3-1-4-8-16)23(31)27(22(18)30)17-9-5-2-6-10-17/h1-13,28H. The second kappa shape index (κ2) is 8.49. The summed E-state index contributed by atoms with van der Waals surface area (Å²) in [6, 6.07) is 19.2. The SMILES string of the molecule is O=C1C(=Cc2cc(Br)cc(Br)c2O)C(=O)N(c2ccccc2)C(=O)N1c1ccccc1. The van der Waals surface area contributed by atoms with E-state index in [2.05, 4.69) is 31.9 Å². The fourth-order valence-corrected chi connectivity index (χ4v) is 4.45. The van der Waals surface area contributed by atoms with Gasteiger partial charge in [0, 0.05) is 10.0 Å². The fraction of sp³-hybridized carbons (Fsp3) is 0. The molecule has 4 rings (SSSR count). The van der Waals surface area contributed by atoms with Crippen LogP contribution in [-0.2, 0) is 9.59 Å². The average Bonchev–Trinajstić information content (AvgIpc) is 2.76. The van der Waals surface area contributed by atoms with Gasteiger partial charge in [0.15, 0.2) is 0 Å². The molecular weight excluding hydrogens is 528 g/mol. The van der Waals surface area contributed by atoms with E-state index < -0.39 is 17.8 Å². The van der Waals surface area contributed by atoms with Gasteiger partial charge in [-0.05, 0) is 58.4 Å². The number of carbonyl (C=O) groups is 3. The summed E-state index contributed by atoms with van der Waals surface area (Å²) in [5.41, 5.74) is 0.647. The lowest BCUT2D eigenvalue weighted by Crippen LogP contribution is -2.57. The maximum Gasteiger partial charge on any atom is 0.343 e. The number of carbonyl (C=O) groups excluding carboxylic acids is 3. The number of aromatic hydroxyl groups is 1. The van der Waals surface area contributed by atoms with Gasteiger partial charge in [-0.3, -0.25) is 9.59 Å². The molecule has 1 aliphatic rings. The largest absolute Gasteiger partial charge is 0.506 e. The molecule has 0 spiro atoms. The number of halogens is 2. The van der Waals surface area contributed by atoms with Gasteiger partial charge in [0.05, 0.1) is 15.8 Å². The Morgan fingerprint density at radius 2 is 1.23 bits per heavy atom. The van der Waals surface area contributed by atoms with Crippen LogP contribution >= 0.6 is 31.9 Å². The number of urea groups is 1. The van der Waals surface area contributed by atoms with Crippen molar-refractivity contribution in [3.05, 3.63) is 92.9 Å². The second-order valence-corrected chi connectivity index (χ2v) is 8.39. The number of amides is 4. The van der Waals surface area contributed by atoms with Crippen LogP contribution in [0.3, 0.4) is 0 Å². The molecule has 3 aromatic rings. The Labute approximate surface area is 194 Å². The molecule has 3 aromatic carbocycles. The molecule has 0 radical (unpaired) electrons. The third-order valence-corrected chi connectivity index (χ3v) is 5.70. The van der Waals surface area contributed by atoms with E-state index in [9.17, 15) is 19.5 Å². The van der Waals surface area contributed by atoms with Crippen molar-refractivity contribution in [3.63, 3.8) is 0 Å². The Kier molecular flexibility index (Phi) is 5.75. The van der Waals surface area contributed by atoms with Crippen molar-refractivity contribution >= 4 is 67.2 Å². The van der Waals surface area contributed by atoms with Crippen LogP contribution in [0.25, 0.3) is 6.08 Å². The number of phenolic OH excluding ortho intramolecular Hbond substituents is 1. The molecule has 6 nitrogen and oxygen atoms in total. The zero-order chi connectivity index (χ0) is 22.1. The topological polar surface area (TPSA) is 77.9 Å². The van der Waals surface area contributed by atoms with E-state index in [1.165, 1.54) is 6.08 Å². The van der Waals surface area contributed by atoms with Gasteiger partial charge in [0.25, 0.3) is 11.8 Å². The maximum atomic E-state index is 13.3. The Hall–Kier alpha value is -3.23. The number of anilines is 2. The van der Waals surface area contributed by atoms with E-state index in [1.807, 2.05) is 0 Å². The molecule has 0 unspecified atom stereocenters. The first-order valence-electron chi connectivity index (χ1n) is 9.11. The van der Waals surface area contributed by atoms with Gasteiger partial charge in [0.2, 0.25) is 0 Å². The van der Waals surface area contributed by atoms with Crippen LogP contribution in [0, 0.1) is 0 Å². The van der Waals surface area contributed by atoms with E-state index in [4.69, 9.17) is 0 Å². The highest BCUT2D eigenvalue weighted by atomic mass is 79.9. The molecule has 1 saturated heterocycles. The van der Waals surface area contributed by atoms with Crippen LogP contribution in [0.15, 0.2) is 87.3 Å². The summed E-state index contributed by atoms with van der Waals surface area (Å²) in [6.45, 7) is 0. The normalized spacial score (nSPS) is 14.3. The smallest absolute Gasteiger partial charge is 0.343 e. The maximum absolute atomic E-state index is 13.3. The number of benzene rings is 3. The molecule has 0 saturated carbocycles. The van der Waals surface area contributed by atoms with Gasteiger partial charge in [0.1, 0.15) is 11.3 Å². The summed E-state index contributed by atoms with van der Waals surface area (Å²) < 4.78 is 1.02. The summed E-state index contributed by atoms with van der Waals surface area (Å²) in [5, 5.41) is 10.4. The van der Waals surface area contributed by atoms with E-state index in [1.54, 1.807) is 72.8 Å². The zero-order valence-electron chi connectivity index (χ0n) is 15.8. The fourth-order valence-electron chi connectivity index (χ4n) is 3.19. The van der Waals surface area contributed by atoms with Crippen LogP contribution in [0.1, 0.15) is 5.56 Å². The Morgan fingerprint density at radius 3 is 1.71 bits per heavy atom. The number of nitrogens with zero attached hydrogens (tertiary/aromatic N) is 2. The van der Waals surface area contributed by atoms with Gasteiger partial charge in [-0.1, -0.05) is 52.3 Å². The van der Waals surface area contributed by atoms with Gasteiger partial charge < -0.3 is 5.11 Å². The third-order valence-electron chi connectivity index (χ3n) is 4.64. The molecule has 31 heavy (non-hydrogen) atoms. The minimum Gasteiger partial charge on any atom is -0.506 e. The Balaban J connectivity index is 1.91. The number of hydrogen-bond donors (Lipinski definition) is 1. The van der Waals surface area contributed by atoms with Crippen molar-refractivity contribution in [3.8, 4) is 5.75 Å². The summed E-state index contributed by atoms with van der Waals surface area (Å²) in [5.74, 6) is -1.68. The van der Waals surface area contributed by atoms with Crippen molar-refractivity contribution < 1.29 is 19.5 Å². The highest BCUT2D eigenvalue weighted by molar-refractivity contribution is 9.11. The monoisotopic (exact) mass is 540 g/mol. The molecule has 0 bridgehead atoms. The molecule has 0 atom stereocenters.